The van der Waals surface area contributed by atoms with Gasteiger partial charge in [-0.2, -0.15) is 0 Å². The standard InChI is InChI=1S/C26H30N2O3/c1-20-7-5-9-25(17-20)30-16-4-3-10-26(29)28-21(2)23-11-13-24(14-12-23)31-19-22-8-6-15-27-18-22/h5-9,11-15,17-18,21H,3-4,10,16,19H2,1-2H3,(H,28,29). The number of benzene rings is 2. The number of amides is 1. The zero-order valence-electron chi connectivity index (χ0n) is 18.2. The fourth-order valence-electron chi connectivity index (χ4n) is 3.18. The van der Waals surface area contributed by atoms with E-state index in [1.165, 1.54) is 5.56 Å². The second-order valence-corrected chi connectivity index (χ2v) is 7.63. The molecule has 1 amide bonds. The molecule has 5 heteroatoms. The Hall–Kier alpha value is -3.34. The van der Waals surface area contributed by atoms with Gasteiger partial charge in [-0.15, -0.1) is 0 Å². The molecule has 0 aliphatic rings. The van der Waals surface area contributed by atoms with Crippen LogP contribution in [-0.4, -0.2) is 17.5 Å². The highest BCUT2D eigenvalue weighted by Gasteiger charge is 2.10. The zero-order chi connectivity index (χ0) is 21.9. The van der Waals surface area contributed by atoms with Crippen molar-refractivity contribution in [2.24, 2.45) is 0 Å². The lowest BCUT2D eigenvalue weighted by molar-refractivity contribution is -0.121. The third-order valence-electron chi connectivity index (χ3n) is 4.94. The summed E-state index contributed by atoms with van der Waals surface area (Å²) in [6.07, 6.45) is 5.67. The second-order valence-electron chi connectivity index (χ2n) is 7.63. The van der Waals surface area contributed by atoms with Gasteiger partial charge < -0.3 is 14.8 Å². The number of nitrogens with zero attached hydrogens (tertiary/aromatic N) is 1. The van der Waals surface area contributed by atoms with Crippen LogP contribution >= 0.6 is 0 Å². The molecule has 1 unspecified atom stereocenters. The molecule has 0 aliphatic carbocycles. The van der Waals surface area contributed by atoms with Gasteiger partial charge in [-0.05, 0) is 68.1 Å². The van der Waals surface area contributed by atoms with Gasteiger partial charge in [-0.3, -0.25) is 9.78 Å². The van der Waals surface area contributed by atoms with Crippen molar-refractivity contribution < 1.29 is 14.3 Å². The quantitative estimate of drug-likeness (QED) is 0.424. The zero-order valence-corrected chi connectivity index (χ0v) is 18.2. The van der Waals surface area contributed by atoms with E-state index >= 15 is 0 Å². The summed E-state index contributed by atoms with van der Waals surface area (Å²) in [4.78, 5) is 16.3. The lowest BCUT2D eigenvalue weighted by Crippen LogP contribution is -2.26. The first kappa shape index (κ1) is 22.3. The molecule has 0 bridgehead atoms. The maximum absolute atomic E-state index is 12.2. The van der Waals surface area contributed by atoms with E-state index in [4.69, 9.17) is 9.47 Å². The van der Waals surface area contributed by atoms with Crippen molar-refractivity contribution in [2.75, 3.05) is 6.61 Å². The molecule has 1 N–H and O–H groups in total. The summed E-state index contributed by atoms with van der Waals surface area (Å²) < 4.78 is 11.5. The first-order chi connectivity index (χ1) is 15.1. The minimum atomic E-state index is -0.0524. The number of carbonyl (C=O) groups excluding carboxylic acids is 1. The monoisotopic (exact) mass is 418 g/mol. The highest BCUT2D eigenvalue weighted by molar-refractivity contribution is 5.76. The molecule has 2 aromatic carbocycles. The van der Waals surface area contributed by atoms with Crippen molar-refractivity contribution in [1.29, 1.82) is 0 Å². The number of pyridine rings is 1. The number of nitrogens with one attached hydrogen (secondary N) is 1. The molecule has 0 radical (unpaired) electrons. The van der Waals surface area contributed by atoms with E-state index in [9.17, 15) is 4.79 Å². The summed E-state index contributed by atoms with van der Waals surface area (Å²) in [5.41, 5.74) is 3.25. The van der Waals surface area contributed by atoms with E-state index in [2.05, 4.69) is 10.3 Å². The number of rotatable bonds is 11. The minimum Gasteiger partial charge on any atom is -0.494 e. The largest absolute Gasteiger partial charge is 0.494 e. The highest BCUT2D eigenvalue weighted by atomic mass is 16.5. The molecule has 0 saturated heterocycles. The van der Waals surface area contributed by atoms with Crippen LogP contribution in [0.5, 0.6) is 11.5 Å². The Bertz CT molecular complexity index is 942. The summed E-state index contributed by atoms with van der Waals surface area (Å²) in [6.45, 7) is 5.13. The molecule has 0 saturated carbocycles. The number of ether oxygens (including phenoxy) is 2. The number of carbonyl (C=O) groups is 1. The van der Waals surface area contributed by atoms with Crippen molar-refractivity contribution in [2.45, 2.75) is 45.8 Å². The van der Waals surface area contributed by atoms with E-state index in [0.29, 0.717) is 19.6 Å². The molecular formula is C26H30N2O3. The number of hydrogen-bond acceptors (Lipinski definition) is 4. The predicted octanol–water partition coefficient (Wildman–Crippen LogP) is 5.40. The summed E-state index contributed by atoms with van der Waals surface area (Å²) in [7, 11) is 0. The van der Waals surface area contributed by atoms with Gasteiger partial charge in [0.15, 0.2) is 0 Å². The van der Waals surface area contributed by atoms with Crippen LogP contribution < -0.4 is 14.8 Å². The van der Waals surface area contributed by atoms with Crippen molar-refractivity contribution in [3.63, 3.8) is 0 Å². The first-order valence-corrected chi connectivity index (χ1v) is 10.7. The maximum Gasteiger partial charge on any atom is 0.220 e. The Balaban J connectivity index is 1.34. The molecule has 1 heterocycles. The Morgan fingerprint density at radius 2 is 1.84 bits per heavy atom. The maximum atomic E-state index is 12.2. The van der Waals surface area contributed by atoms with E-state index in [0.717, 1.165) is 35.5 Å². The first-order valence-electron chi connectivity index (χ1n) is 10.7. The van der Waals surface area contributed by atoms with Crippen LogP contribution in [0.15, 0.2) is 73.1 Å². The van der Waals surface area contributed by atoms with Gasteiger partial charge in [0, 0.05) is 24.4 Å². The minimum absolute atomic E-state index is 0.0524. The smallest absolute Gasteiger partial charge is 0.220 e. The second kappa shape index (κ2) is 11.7. The number of aromatic nitrogens is 1. The van der Waals surface area contributed by atoms with Gasteiger partial charge in [0.05, 0.1) is 12.6 Å². The Labute approximate surface area is 184 Å². The molecule has 0 spiro atoms. The average molecular weight is 419 g/mol. The van der Waals surface area contributed by atoms with Gasteiger partial charge in [0.1, 0.15) is 18.1 Å². The molecule has 31 heavy (non-hydrogen) atoms. The van der Waals surface area contributed by atoms with Crippen LogP contribution in [0.3, 0.4) is 0 Å². The lowest BCUT2D eigenvalue weighted by Gasteiger charge is -2.15. The number of hydrogen-bond donors (Lipinski definition) is 1. The summed E-state index contributed by atoms with van der Waals surface area (Å²) in [5.74, 6) is 1.73. The van der Waals surface area contributed by atoms with Crippen LogP contribution in [-0.2, 0) is 11.4 Å². The fourth-order valence-corrected chi connectivity index (χ4v) is 3.18. The third kappa shape index (κ3) is 7.78. The van der Waals surface area contributed by atoms with E-state index in [-0.39, 0.29) is 11.9 Å². The summed E-state index contributed by atoms with van der Waals surface area (Å²) in [5, 5.41) is 3.06. The molecule has 1 atom stereocenters. The van der Waals surface area contributed by atoms with Crippen LogP contribution in [0.25, 0.3) is 0 Å². The Morgan fingerprint density at radius 1 is 1.00 bits per heavy atom. The summed E-state index contributed by atoms with van der Waals surface area (Å²) in [6, 6.07) is 19.6. The van der Waals surface area contributed by atoms with E-state index in [1.807, 2.05) is 74.5 Å². The number of aryl methyl sites for hydroxylation is 1. The van der Waals surface area contributed by atoms with Crippen molar-refractivity contribution >= 4 is 5.91 Å². The van der Waals surface area contributed by atoms with E-state index in [1.54, 1.807) is 12.4 Å². The van der Waals surface area contributed by atoms with Crippen molar-refractivity contribution in [3.05, 3.63) is 89.7 Å². The molecular weight excluding hydrogens is 388 g/mol. The van der Waals surface area contributed by atoms with Crippen LogP contribution in [0.4, 0.5) is 0 Å². The van der Waals surface area contributed by atoms with Gasteiger partial charge in [-0.1, -0.05) is 30.3 Å². The summed E-state index contributed by atoms with van der Waals surface area (Å²) >= 11 is 0. The Morgan fingerprint density at radius 3 is 2.58 bits per heavy atom. The topological polar surface area (TPSA) is 60.5 Å². The van der Waals surface area contributed by atoms with E-state index < -0.39 is 0 Å². The predicted molar refractivity (Wildman–Crippen MR) is 122 cm³/mol. The molecule has 5 nitrogen and oxygen atoms in total. The lowest BCUT2D eigenvalue weighted by atomic mass is 10.1. The molecule has 0 fully saturated rings. The molecule has 3 aromatic rings. The van der Waals surface area contributed by atoms with Gasteiger partial charge in [-0.25, -0.2) is 0 Å². The van der Waals surface area contributed by atoms with Crippen LogP contribution in [0.1, 0.15) is 48.9 Å². The van der Waals surface area contributed by atoms with Crippen molar-refractivity contribution in [1.82, 2.24) is 10.3 Å². The highest BCUT2D eigenvalue weighted by Crippen LogP contribution is 2.19. The fraction of sp³-hybridized carbons (Fsp3) is 0.308. The molecule has 162 valence electrons. The molecule has 3 rings (SSSR count). The molecule has 0 aliphatic heterocycles. The SMILES string of the molecule is Cc1cccc(OCCCCC(=O)NC(C)c2ccc(OCc3cccnc3)cc2)c1. The average Bonchev–Trinajstić information content (AvgIpc) is 2.78. The third-order valence-corrected chi connectivity index (χ3v) is 4.94. The van der Waals surface area contributed by atoms with Crippen molar-refractivity contribution in [3.8, 4) is 11.5 Å². The van der Waals surface area contributed by atoms with Crippen LogP contribution in [0, 0.1) is 6.92 Å². The number of unbranched alkanes of at least 4 members (excludes halogenated alkanes) is 1. The van der Waals surface area contributed by atoms with Gasteiger partial charge in [0.25, 0.3) is 0 Å². The van der Waals surface area contributed by atoms with Crippen LogP contribution in [0.2, 0.25) is 0 Å². The normalized spacial score (nSPS) is 11.5. The Kier molecular flexibility index (Phi) is 8.47. The molecule has 1 aromatic heterocycles. The van der Waals surface area contributed by atoms with Gasteiger partial charge in [0.2, 0.25) is 5.91 Å². The van der Waals surface area contributed by atoms with Gasteiger partial charge >= 0.3 is 0 Å².